The van der Waals surface area contributed by atoms with Crippen LogP contribution in [0.3, 0.4) is 0 Å². The number of nitrogens with two attached hydrogens (primary N) is 1. The number of rotatable bonds is 4. The van der Waals surface area contributed by atoms with Crippen LogP contribution >= 0.6 is 31.9 Å². The Kier molecular flexibility index (Phi) is 4.62. The molecule has 0 radical (unpaired) electrons. The number of alkyl halides is 2. The second-order valence-electron chi connectivity index (χ2n) is 2.88. The summed E-state index contributed by atoms with van der Waals surface area (Å²) in [5.41, 5.74) is 7.94. The smallest absolute Gasteiger partial charge is 0.166 e. The van der Waals surface area contributed by atoms with Gasteiger partial charge in [0.2, 0.25) is 0 Å². The lowest BCUT2D eigenvalue weighted by atomic mass is 10.0. The summed E-state index contributed by atoms with van der Waals surface area (Å²) in [6, 6.07) is 5.52. The van der Waals surface area contributed by atoms with Gasteiger partial charge in [-0.15, -0.1) is 0 Å². The van der Waals surface area contributed by atoms with Crippen LogP contribution in [0.15, 0.2) is 18.2 Å². The van der Waals surface area contributed by atoms with E-state index in [2.05, 4.69) is 31.9 Å². The van der Waals surface area contributed by atoms with Crippen LogP contribution in [0.25, 0.3) is 0 Å². The summed E-state index contributed by atoms with van der Waals surface area (Å²) >= 11 is 6.59. The fourth-order valence-electron chi connectivity index (χ4n) is 1.28. The maximum atomic E-state index is 11.7. The van der Waals surface area contributed by atoms with Crippen LogP contribution in [0.4, 0.5) is 5.69 Å². The third-order valence-electron chi connectivity index (χ3n) is 1.93. The summed E-state index contributed by atoms with van der Waals surface area (Å²) in [5.74, 6) is 0.0921. The van der Waals surface area contributed by atoms with Crippen molar-refractivity contribution in [3.63, 3.8) is 0 Å². The van der Waals surface area contributed by atoms with Crippen LogP contribution in [0.5, 0.6) is 0 Å². The number of carbonyl (C=O) groups is 1. The van der Waals surface area contributed by atoms with E-state index in [4.69, 9.17) is 5.73 Å². The molecule has 1 aromatic carbocycles. The molecule has 2 N–H and O–H groups in total. The van der Waals surface area contributed by atoms with Crippen LogP contribution in [-0.4, -0.2) is 11.1 Å². The first-order valence-corrected chi connectivity index (χ1v) is 6.47. The highest BCUT2D eigenvalue weighted by Gasteiger charge is 2.12. The molecule has 0 aliphatic rings. The summed E-state index contributed by atoms with van der Waals surface area (Å²) in [7, 11) is 0. The summed E-state index contributed by atoms with van der Waals surface area (Å²) in [5, 5.41) is 1.32. The minimum atomic E-state index is 0.0921. The van der Waals surface area contributed by atoms with Gasteiger partial charge in [-0.25, -0.2) is 0 Å². The first kappa shape index (κ1) is 11.7. The van der Waals surface area contributed by atoms with Crippen LogP contribution in [0.1, 0.15) is 22.3 Å². The van der Waals surface area contributed by atoms with Crippen molar-refractivity contribution in [3.05, 3.63) is 29.3 Å². The third kappa shape index (κ3) is 2.58. The van der Waals surface area contributed by atoms with Crippen LogP contribution in [0, 0.1) is 0 Å². The fourth-order valence-corrected chi connectivity index (χ4v) is 2.11. The van der Waals surface area contributed by atoms with Gasteiger partial charge in [0, 0.05) is 28.3 Å². The Bertz CT molecular complexity index is 339. The van der Waals surface area contributed by atoms with Gasteiger partial charge in [-0.05, 0) is 11.6 Å². The molecule has 0 aromatic heterocycles. The quantitative estimate of drug-likeness (QED) is 0.526. The van der Waals surface area contributed by atoms with Crippen molar-refractivity contribution in [2.45, 2.75) is 11.8 Å². The normalized spacial score (nSPS) is 10.1. The van der Waals surface area contributed by atoms with Crippen molar-refractivity contribution in [1.29, 1.82) is 0 Å². The van der Waals surface area contributed by atoms with Gasteiger partial charge >= 0.3 is 0 Å². The molecule has 0 fully saturated rings. The Labute approximate surface area is 100 Å². The number of nitrogen functional groups attached to an aromatic ring is 1. The van der Waals surface area contributed by atoms with E-state index >= 15 is 0 Å². The molecule has 0 heterocycles. The highest BCUT2D eigenvalue weighted by atomic mass is 79.9. The van der Waals surface area contributed by atoms with E-state index in [1.165, 1.54) is 0 Å². The Balaban J connectivity index is 3.10. The Hall–Kier alpha value is -0.350. The Morgan fingerprint density at radius 2 is 2.07 bits per heavy atom. The van der Waals surface area contributed by atoms with E-state index in [1.807, 2.05) is 12.1 Å². The molecule has 0 atom stereocenters. The van der Waals surface area contributed by atoms with Crippen LogP contribution in [0.2, 0.25) is 0 Å². The topological polar surface area (TPSA) is 43.1 Å². The van der Waals surface area contributed by atoms with E-state index in [1.54, 1.807) is 6.07 Å². The maximum absolute atomic E-state index is 11.7. The zero-order valence-corrected chi connectivity index (χ0v) is 10.8. The average Bonchev–Trinajstić information content (AvgIpc) is 2.17. The lowest BCUT2D eigenvalue weighted by molar-refractivity contribution is 0.0990. The van der Waals surface area contributed by atoms with E-state index in [-0.39, 0.29) is 5.78 Å². The molecule has 0 aliphatic carbocycles. The predicted octanol–water partition coefficient (Wildman–Crippen LogP) is 3.13. The molecule has 14 heavy (non-hydrogen) atoms. The van der Waals surface area contributed by atoms with Crippen molar-refractivity contribution in [2.24, 2.45) is 0 Å². The first-order chi connectivity index (χ1) is 6.70. The number of halogens is 2. The summed E-state index contributed by atoms with van der Waals surface area (Å²) in [4.78, 5) is 11.7. The number of ketones is 1. The van der Waals surface area contributed by atoms with Gasteiger partial charge in [0.1, 0.15) is 0 Å². The highest BCUT2D eigenvalue weighted by molar-refractivity contribution is 9.09. The lowest BCUT2D eigenvalue weighted by Crippen LogP contribution is -2.07. The molecule has 76 valence electrons. The van der Waals surface area contributed by atoms with Gasteiger partial charge in [0.25, 0.3) is 0 Å². The molecule has 0 bridgehead atoms. The zero-order chi connectivity index (χ0) is 10.6. The molecule has 0 saturated carbocycles. The third-order valence-corrected chi connectivity index (χ3v) is 2.93. The highest BCUT2D eigenvalue weighted by Crippen LogP contribution is 2.21. The molecule has 0 spiro atoms. The second kappa shape index (κ2) is 5.51. The molecule has 0 amide bonds. The average molecular weight is 321 g/mol. The van der Waals surface area contributed by atoms with E-state index in [0.717, 1.165) is 5.56 Å². The number of hydrogen-bond donors (Lipinski definition) is 1. The van der Waals surface area contributed by atoms with Gasteiger partial charge in [0.05, 0.1) is 0 Å². The molecular formula is C10H11Br2NO. The monoisotopic (exact) mass is 319 g/mol. The summed E-state index contributed by atoms with van der Waals surface area (Å²) < 4.78 is 0. The van der Waals surface area contributed by atoms with Gasteiger partial charge in [-0.3, -0.25) is 4.79 Å². The van der Waals surface area contributed by atoms with Gasteiger partial charge < -0.3 is 5.73 Å². The van der Waals surface area contributed by atoms with Crippen molar-refractivity contribution in [3.8, 4) is 0 Å². The summed E-state index contributed by atoms with van der Waals surface area (Å²) in [6.07, 6.45) is 0.480. The number of Topliss-reactive ketones (excluding diaryl/α,β-unsaturated/α-hetero) is 1. The van der Waals surface area contributed by atoms with E-state index in [9.17, 15) is 4.79 Å². The standard InChI is InChI=1S/C10H11Br2NO/c11-5-4-9(14)10-7(6-12)2-1-3-8(10)13/h1-3H,4-6,13H2. The number of carbonyl (C=O) groups excluding carboxylic acids is 1. The van der Waals surface area contributed by atoms with Crippen LogP contribution < -0.4 is 5.73 Å². The van der Waals surface area contributed by atoms with Gasteiger partial charge in [-0.1, -0.05) is 44.0 Å². The molecular weight excluding hydrogens is 310 g/mol. The van der Waals surface area contributed by atoms with Crippen LogP contribution in [-0.2, 0) is 5.33 Å². The van der Waals surface area contributed by atoms with E-state index in [0.29, 0.717) is 28.3 Å². The van der Waals surface area contributed by atoms with Crippen molar-refractivity contribution < 1.29 is 4.79 Å². The first-order valence-electron chi connectivity index (χ1n) is 4.23. The Morgan fingerprint density at radius 1 is 1.36 bits per heavy atom. The molecule has 2 nitrogen and oxygen atoms in total. The molecule has 0 unspecified atom stereocenters. The predicted molar refractivity (Wildman–Crippen MR) is 66.2 cm³/mol. The van der Waals surface area contributed by atoms with Crippen molar-refractivity contribution in [2.75, 3.05) is 11.1 Å². The molecule has 1 rings (SSSR count). The SMILES string of the molecule is Nc1cccc(CBr)c1C(=O)CCBr. The minimum Gasteiger partial charge on any atom is -0.398 e. The van der Waals surface area contributed by atoms with Gasteiger partial charge in [0.15, 0.2) is 5.78 Å². The maximum Gasteiger partial charge on any atom is 0.166 e. The number of benzene rings is 1. The van der Waals surface area contributed by atoms with E-state index < -0.39 is 0 Å². The lowest BCUT2D eigenvalue weighted by Gasteiger charge is -2.08. The number of anilines is 1. The number of hydrogen-bond acceptors (Lipinski definition) is 2. The van der Waals surface area contributed by atoms with Crippen molar-refractivity contribution >= 4 is 43.3 Å². The minimum absolute atomic E-state index is 0.0921. The molecule has 0 saturated heterocycles. The van der Waals surface area contributed by atoms with Crippen molar-refractivity contribution in [1.82, 2.24) is 0 Å². The second-order valence-corrected chi connectivity index (χ2v) is 4.23. The van der Waals surface area contributed by atoms with Gasteiger partial charge in [-0.2, -0.15) is 0 Å². The zero-order valence-electron chi connectivity index (χ0n) is 7.59. The summed E-state index contributed by atoms with van der Waals surface area (Å²) in [6.45, 7) is 0. The fraction of sp³-hybridized carbons (Fsp3) is 0.300. The largest absolute Gasteiger partial charge is 0.398 e. The molecule has 0 aliphatic heterocycles. The molecule has 4 heteroatoms. The Morgan fingerprint density at radius 3 is 2.64 bits per heavy atom. The molecule has 1 aromatic rings.